The summed E-state index contributed by atoms with van der Waals surface area (Å²) < 4.78 is 0. The van der Waals surface area contributed by atoms with E-state index in [-0.39, 0.29) is 37.7 Å². The van der Waals surface area contributed by atoms with Gasteiger partial charge < -0.3 is 5.73 Å². The van der Waals surface area contributed by atoms with Gasteiger partial charge >= 0.3 is 37.7 Å². The number of hydrogen-bond donors (Lipinski definition) is 1. The standard InChI is InChI=1S/C4H11N.Ca.2H/c1-2-3-4-5;;;/h2-5H2,1H3;;;. The molecule has 0 aromatic heterocycles. The topological polar surface area (TPSA) is 26.0 Å². The molecule has 0 saturated heterocycles. The summed E-state index contributed by atoms with van der Waals surface area (Å²) in [5, 5.41) is 0. The van der Waals surface area contributed by atoms with Gasteiger partial charge in [0, 0.05) is 0 Å². The van der Waals surface area contributed by atoms with Crippen LogP contribution in [0, 0.1) is 0 Å². The summed E-state index contributed by atoms with van der Waals surface area (Å²) in [6, 6.07) is 0. The van der Waals surface area contributed by atoms with Gasteiger partial charge in [-0.2, -0.15) is 0 Å². The van der Waals surface area contributed by atoms with Gasteiger partial charge in [-0.15, -0.1) is 0 Å². The average molecular weight is 115 g/mol. The average Bonchev–Trinajstić information content (AvgIpc) is 1.41. The molecule has 6 heavy (non-hydrogen) atoms. The van der Waals surface area contributed by atoms with E-state index in [4.69, 9.17) is 5.73 Å². The Morgan fingerprint density at radius 1 is 1.50 bits per heavy atom. The van der Waals surface area contributed by atoms with Crippen molar-refractivity contribution in [1.82, 2.24) is 0 Å². The Morgan fingerprint density at radius 2 is 2.00 bits per heavy atom. The Labute approximate surface area is 69.3 Å². The third-order valence-corrected chi connectivity index (χ3v) is 0.558. The molecule has 0 aliphatic carbocycles. The molecule has 0 saturated carbocycles. The molecule has 0 aromatic carbocycles. The monoisotopic (exact) mass is 115 g/mol. The molecule has 0 aromatic rings. The van der Waals surface area contributed by atoms with Crippen LogP contribution in [0.3, 0.4) is 0 Å². The maximum atomic E-state index is 5.14. The summed E-state index contributed by atoms with van der Waals surface area (Å²) in [4.78, 5) is 0. The molecule has 0 atom stereocenters. The van der Waals surface area contributed by atoms with E-state index < -0.39 is 0 Å². The first-order valence-electron chi connectivity index (χ1n) is 2.12. The van der Waals surface area contributed by atoms with Crippen molar-refractivity contribution in [3.63, 3.8) is 0 Å². The van der Waals surface area contributed by atoms with Crippen molar-refractivity contribution in [2.75, 3.05) is 6.54 Å². The van der Waals surface area contributed by atoms with Crippen LogP contribution in [0.5, 0.6) is 0 Å². The Bertz CT molecular complexity index is 15.0. The summed E-state index contributed by atoms with van der Waals surface area (Å²) >= 11 is 0. The van der Waals surface area contributed by atoms with E-state index in [0.29, 0.717) is 0 Å². The SMILES string of the molecule is CCCCN.[CaH2]. The van der Waals surface area contributed by atoms with Gasteiger partial charge in [-0.1, -0.05) is 13.3 Å². The predicted molar refractivity (Wildman–Crippen MR) is 32.5 cm³/mol. The molecule has 0 bridgehead atoms. The van der Waals surface area contributed by atoms with Crippen LogP contribution in [0.2, 0.25) is 0 Å². The van der Waals surface area contributed by atoms with Crippen LogP contribution in [0.1, 0.15) is 19.8 Å². The van der Waals surface area contributed by atoms with Gasteiger partial charge in [-0.3, -0.25) is 0 Å². The number of rotatable bonds is 2. The number of nitrogens with two attached hydrogens (primary N) is 1. The first-order chi connectivity index (χ1) is 2.41. The maximum absolute atomic E-state index is 5.14. The van der Waals surface area contributed by atoms with Gasteiger partial charge in [0.2, 0.25) is 0 Å². The van der Waals surface area contributed by atoms with Crippen molar-refractivity contribution < 1.29 is 0 Å². The van der Waals surface area contributed by atoms with Crippen LogP contribution in [0.15, 0.2) is 0 Å². The molecule has 2 N–H and O–H groups in total. The van der Waals surface area contributed by atoms with Gasteiger partial charge in [-0.05, 0) is 13.0 Å². The second-order valence-corrected chi connectivity index (χ2v) is 1.14. The van der Waals surface area contributed by atoms with Crippen LogP contribution in [-0.2, 0) is 0 Å². The van der Waals surface area contributed by atoms with E-state index in [9.17, 15) is 0 Å². The van der Waals surface area contributed by atoms with E-state index in [1.54, 1.807) is 0 Å². The number of unbranched alkanes of at least 4 members (excludes halogenated alkanes) is 1. The molecule has 0 fully saturated rings. The zero-order valence-corrected chi connectivity index (χ0v) is 3.70. The predicted octanol–water partition coefficient (Wildman–Crippen LogP) is -0.171. The molecule has 2 heteroatoms. The molecule has 0 spiro atoms. The Balaban J connectivity index is 0. The van der Waals surface area contributed by atoms with Crippen molar-refractivity contribution >= 4 is 37.7 Å². The van der Waals surface area contributed by atoms with E-state index in [0.717, 1.165) is 6.54 Å². The molecule has 0 radical (unpaired) electrons. The van der Waals surface area contributed by atoms with Crippen molar-refractivity contribution in [2.45, 2.75) is 19.8 Å². The first kappa shape index (κ1) is 10.3. The molecule has 0 rings (SSSR count). The van der Waals surface area contributed by atoms with Gasteiger partial charge in [0.1, 0.15) is 0 Å². The number of hydrogen-bond acceptors (Lipinski definition) is 1. The summed E-state index contributed by atoms with van der Waals surface area (Å²) in [6.45, 7) is 2.98. The van der Waals surface area contributed by atoms with Crippen LogP contribution in [-0.4, -0.2) is 44.3 Å². The molecule has 0 aliphatic heterocycles. The third kappa shape index (κ3) is 8.97. The van der Waals surface area contributed by atoms with Crippen molar-refractivity contribution in [3.8, 4) is 0 Å². The Hall–Kier alpha value is 1.22. The van der Waals surface area contributed by atoms with Gasteiger partial charge in [-0.25, -0.2) is 0 Å². The summed E-state index contributed by atoms with van der Waals surface area (Å²) in [5.74, 6) is 0. The van der Waals surface area contributed by atoms with E-state index >= 15 is 0 Å². The Kier molecular flexibility index (Phi) is 16.3. The van der Waals surface area contributed by atoms with Crippen LogP contribution in [0.25, 0.3) is 0 Å². The zero-order valence-electron chi connectivity index (χ0n) is 3.70. The van der Waals surface area contributed by atoms with Gasteiger partial charge in [0.15, 0.2) is 0 Å². The molecule has 36 valence electrons. The minimum atomic E-state index is 0. The van der Waals surface area contributed by atoms with Crippen LogP contribution in [0.4, 0.5) is 0 Å². The molecule has 0 amide bonds. The van der Waals surface area contributed by atoms with E-state index in [1.807, 2.05) is 0 Å². The summed E-state index contributed by atoms with van der Waals surface area (Å²) in [7, 11) is 0. The summed E-state index contributed by atoms with van der Waals surface area (Å²) in [5.41, 5.74) is 5.14. The van der Waals surface area contributed by atoms with Crippen molar-refractivity contribution in [3.05, 3.63) is 0 Å². The van der Waals surface area contributed by atoms with Crippen molar-refractivity contribution in [1.29, 1.82) is 0 Å². The fourth-order valence-corrected chi connectivity index (χ4v) is 0.204. The summed E-state index contributed by atoms with van der Waals surface area (Å²) in [6.07, 6.45) is 2.39. The fraction of sp³-hybridized carbons (Fsp3) is 1.00. The Morgan fingerprint density at radius 3 is 2.00 bits per heavy atom. The second kappa shape index (κ2) is 9.52. The minimum absolute atomic E-state index is 0. The van der Waals surface area contributed by atoms with Crippen LogP contribution < -0.4 is 5.73 Å². The van der Waals surface area contributed by atoms with E-state index in [1.165, 1.54) is 12.8 Å². The van der Waals surface area contributed by atoms with Gasteiger partial charge in [0.25, 0.3) is 0 Å². The first-order valence-corrected chi connectivity index (χ1v) is 2.12. The van der Waals surface area contributed by atoms with Crippen molar-refractivity contribution in [2.24, 2.45) is 5.73 Å². The molecule has 0 heterocycles. The third-order valence-electron chi connectivity index (χ3n) is 0.558. The van der Waals surface area contributed by atoms with E-state index in [2.05, 4.69) is 6.92 Å². The molecular weight excluding hydrogens is 102 g/mol. The molecular formula is C4H13CaN. The second-order valence-electron chi connectivity index (χ2n) is 1.14. The normalized spacial score (nSPS) is 7.00. The molecule has 0 unspecified atom stereocenters. The van der Waals surface area contributed by atoms with Gasteiger partial charge in [0.05, 0.1) is 0 Å². The fourth-order valence-electron chi connectivity index (χ4n) is 0.204. The zero-order chi connectivity index (χ0) is 4.12. The van der Waals surface area contributed by atoms with Crippen LogP contribution >= 0.6 is 0 Å². The quantitative estimate of drug-likeness (QED) is 0.497. The molecule has 0 aliphatic rings. The molecule has 1 nitrogen and oxygen atoms in total.